The van der Waals surface area contributed by atoms with Gasteiger partial charge in [-0.2, -0.15) is 13.2 Å². The molecule has 8 heteroatoms. The van der Waals surface area contributed by atoms with Gasteiger partial charge in [0.25, 0.3) is 0 Å². The van der Waals surface area contributed by atoms with Gasteiger partial charge >= 0.3 is 12.1 Å². The van der Waals surface area contributed by atoms with Crippen molar-refractivity contribution in [2.45, 2.75) is 31.0 Å². The predicted octanol–water partition coefficient (Wildman–Crippen LogP) is 4.19. The van der Waals surface area contributed by atoms with Gasteiger partial charge in [0.2, 0.25) is 0 Å². The fourth-order valence-electron chi connectivity index (χ4n) is 4.94. The van der Waals surface area contributed by atoms with Crippen molar-refractivity contribution in [2.24, 2.45) is 5.92 Å². The molecule has 4 heterocycles. The van der Waals surface area contributed by atoms with E-state index in [1.165, 1.54) is 18.9 Å². The quantitative estimate of drug-likeness (QED) is 0.758. The van der Waals surface area contributed by atoms with Crippen molar-refractivity contribution in [2.75, 3.05) is 25.1 Å². The second-order valence-corrected chi connectivity index (χ2v) is 8.29. The van der Waals surface area contributed by atoms with E-state index in [-0.39, 0.29) is 11.3 Å². The number of nitrogens with one attached hydrogen (secondary N) is 1. The fourth-order valence-corrected chi connectivity index (χ4v) is 4.94. The van der Waals surface area contributed by atoms with Crippen LogP contribution in [0, 0.1) is 5.92 Å². The summed E-state index contributed by atoms with van der Waals surface area (Å²) in [6.07, 6.45) is -1.83. The molecular weight excluding hydrogens is 397 g/mol. The lowest BCUT2D eigenvalue weighted by Gasteiger charge is -2.50. The zero-order valence-electron chi connectivity index (χ0n) is 16.2. The molecule has 2 aromatic carbocycles. The number of anilines is 1. The van der Waals surface area contributed by atoms with Crippen LogP contribution >= 0.6 is 0 Å². The lowest BCUT2D eigenvalue weighted by molar-refractivity contribution is -0.196. The number of rotatable bonds is 3. The molecule has 30 heavy (non-hydrogen) atoms. The zero-order valence-corrected chi connectivity index (χ0v) is 16.2. The molecule has 3 saturated heterocycles. The molecule has 0 saturated carbocycles. The van der Waals surface area contributed by atoms with Crippen LogP contribution in [-0.4, -0.2) is 42.3 Å². The number of halogens is 3. The molecule has 4 aliphatic heterocycles. The third-order valence-corrected chi connectivity index (χ3v) is 6.38. The molecule has 2 bridgehead atoms. The maximum absolute atomic E-state index is 12.3. The van der Waals surface area contributed by atoms with Crippen molar-refractivity contribution >= 4 is 11.7 Å². The summed E-state index contributed by atoms with van der Waals surface area (Å²) < 4.78 is 43.4. The average Bonchev–Trinajstić information content (AvgIpc) is 3.08. The molecule has 3 fully saturated rings. The van der Waals surface area contributed by atoms with Crippen LogP contribution in [0.25, 0.3) is 11.1 Å². The Morgan fingerprint density at radius 2 is 1.90 bits per heavy atom. The Balaban J connectivity index is 1.34. The number of carbonyl (C=O) groups is 1. The highest BCUT2D eigenvalue weighted by Gasteiger charge is 2.51. The van der Waals surface area contributed by atoms with Crippen molar-refractivity contribution in [3.05, 3.63) is 48.0 Å². The molecule has 0 aromatic heterocycles. The SMILES string of the molecule is O=C(ONc1cccc(-c2ccc3c(c2)CC2(CN4CCC2CC4)O3)c1)C(F)(F)F. The standard InChI is InChI=1S/C22H21F3N2O3/c23-22(24,25)20(28)30-26-18-3-1-2-14(11-18)15-4-5-19-16(10-15)12-21(29-19)13-27-8-6-17(21)7-9-27/h1-5,10-11,17,26H,6-9,12-13H2. The molecule has 1 unspecified atom stereocenters. The maximum atomic E-state index is 12.3. The molecule has 6 rings (SSSR count). The molecule has 0 amide bonds. The van der Waals surface area contributed by atoms with Gasteiger partial charge in [0.1, 0.15) is 11.4 Å². The van der Waals surface area contributed by atoms with Crippen molar-refractivity contribution in [3.63, 3.8) is 0 Å². The summed E-state index contributed by atoms with van der Waals surface area (Å²) in [5.74, 6) is -0.791. The third-order valence-electron chi connectivity index (χ3n) is 6.38. The second-order valence-electron chi connectivity index (χ2n) is 8.29. The fraction of sp³-hybridized carbons (Fsp3) is 0.409. The highest BCUT2D eigenvalue weighted by atomic mass is 19.4. The molecule has 0 radical (unpaired) electrons. The lowest BCUT2D eigenvalue weighted by Crippen LogP contribution is -2.61. The minimum absolute atomic E-state index is 0.132. The van der Waals surface area contributed by atoms with Crippen molar-refractivity contribution in [1.82, 2.24) is 4.90 Å². The summed E-state index contributed by atoms with van der Waals surface area (Å²) in [6, 6.07) is 12.7. The van der Waals surface area contributed by atoms with E-state index in [1.807, 2.05) is 18.2 Å². The van der Waals surface area contributed by atoms with Crippen molar-refractivity contribution < 1.29 is 27.5 Å². The van der Waals surface area contributed by atoms with Crippen molar-refractivity contribution in [3.8, 4) is 16.9 Å². The highest BCUT2D eigenvalue weighted by molar-refractivity contribution is 5.77. The summed E-state index contributed by atoms with van der Waals surface area (Å²) in [6.45, 7) is 3.26. The van der Waals surface area contributed by atoms with E-state index in [1.54, 1.807) is 12.1 Å². The number of piperidine rings is 3. The van der Waals surface area contributed by atoms with Gasteiger partial charge in [0.05, 0.1) is 5.69 Å². The topological polar surface area (TPSA) is 50.8 Å². The number of benzene rings is 2. The Hall–Kier alpha value is -2.74. The van der Waals surface area contributed by atoms with E-state index in [0.717, 1.165) is 48.5 Å². The second kappa shape index (κ2) is 6.91. The summed E-state index contributed by atoms with van der Waals surface area (Å²) in [4.78, 5) is 17.5. The Morgan fingerprint density at radius 1 is 1.13 bits per heavy atom. The maximum Gasteiger partial charge on any atom is 0.493 e. The van der Waals surface area contributed by atoms with Gasteiger partial charge in [0, 0.05) is 18.9 Å². The lowest BCUT2D eigenvalue weighted by atomic mass is 9.73. The van der Waals surface area contributed by atoms with Gasteiger partial charge in [0.15, 0.2) is 0 Å². The van der Waals surface area contributed by atoms with Gasteiger partial charge < -0.3 is 9.57 Å². The number of alkyl halides is 3. The minimum Gasteiger partial charge on any atom is -0.485 e. The van der Waals surface area contributed by atoms with Gasteiger partial charge in [-0.25, -0.2) is 10.3 Å². The van der Waals surface area contributed by atoms with E-state index in [2.05, 4.69) is 21.3 Å². The number of carbonyl (C=O) groups excluding carboxylic acids is 1. The van der Waals surface area contributed by atoms with E-state index in [4.69, 9.17) is 4.74 Å². The smallest absolute Gasteiger partial charge is 0.485 e. The number of hydrogen-bond acceptors (Lipinski definition) is 5. The molecule has 4 aliphatic rings. The monoisotopic (exact) mass is 418 g/mol. The van der Waals surface area contributed by atoms with Crippen LogP contribution in [0.3, 0.4) is 0 Å². The predicted molar refractivity (Wildman–Crippen MR) is 104 cm³/mol. The summed E-state index contributed by atoms with van der Waals surface area (Å²) in [7, 11) is 0. The number of nitrogens with zero attached hydrogens (tertiary/aromatic N) is 1. The molecule has 1 N–H and O–H groups in total. The minimum atomic E-state index is -5.05. The summed E-state index contributed by atoms with van der Waals surface area (Å²) in [5.41, 5.74) is 5.10. The van der Waals surface area contributed by atoms with E-state index in [0.29, 0.717) is 5.92 Å². The Labute approximate surface area is 171 Å². The largest absolute Gasteiger partial charge is 0.493 e. The van der Waals surface area contributed by atoms with Crippen LogP contribution in [0.4, 0.5) is 18.9 Å². The van der Waals surface area contributed by atoms with Crippen LogP contribution in [0.2, 0.25) is 0 Å². The average molecular weight is 418 g/mol. The Kier molecular flexibility index (Phi) is 4.43. The number of hydrogen-bond donors (Lipinski definition) is 1. The molecule has 158 valence electrons. The number of fused-ring (bicyclic) bond motifs is 3. The van der Waals surface area contributed by atoms with E-state index in [9.17, 15) is 18.0 Å². The van der Waals surface area contributed by atoms with Crippen LogP contribution in [0.5, 0.6) is 5.75 Å². The molecule has 2 aromatic rings. The van der Waals surface area contributed by atoms with Gasteiger partial charge in [-0.05, 0) is 66.9 Å². The molecule has 5 nitrogen and oxygen atoms in total. The van der Waals surface area contributed by atoms with Crippen LogP contribution in [0.1, 0.15) is 18.4 Å². The summed E-state index contributed by atoms with van der Waals surface area (Å²) >= 11 is 0. The first-order chi connectivity index (χ1) is 14.3. The van der Waals surface area contributed by atoms with Crippen LogP contribution in [-0.2, 0) is 16.1 Å². The van der Waals surface area contributed by atoms with Gasteiger partial charge in [-0.3, -0.25) is 4.90 Å². The molecule has 1 spiro atoms. The van der Waals surface area contributed by atoms with E-state index >= 15 is 0 Å². The number of ether oxygens (including phenoxy) is 1. The first-order valence-electron chi connectivity index (χ1n) is 10.0. The normalized spacial score (nSPS) is 26.9. The van der Waals surface area contributed by atoms with Gasteiger partial charge in [-0.1, -0.05) is 18.2 Å². The van der Waals surface area contributed by atoms with Crippen LogP contribution in [0.15, 0.2) is 42.5 Å². The van der Waals surface area contributed by atoms with Crippen molar-refractivity contribution in [1.29, 1.82) is 0 Å². The highest BCUT2D eigenvalue weighted by Crippen LogP contribution is 2.47. The first kappa shape index (κ1) is 19.2. The van der Waals surface area contributed by atoms with Gasteiger partial charge in [-0.15, -0.1) is 0 Å². The first-order valence-corrected chi connectivity index (χ1v) is 10.0. The molecule has 0 aliphatic carbocycles. The van der Waals surface area contributed by atoms with E-state index < -0.39 is 12.1 Å². The Morgan fingerprint density at radius 3 is 2.60 bits per heavy atom. The third kappa shape index (κ3) is 3.39. The molecular formula is C22H21F3N2O3. The molecule has 1 atom stereocenters. The van der Waals surface area contributed by atoms with Crippen LogP contribution < -0.4 is 10.2 Å². The Bertz CT molecular complexity index is 986. The summed E-state index contributed by atoms with van der Waals surface area (Å²) in [5, 5.41) is 0. The zero-order chi connectivity index (χ0) is 20.9.